The van der Waals surface area contributed by atoms with Crippen LogP contribution in [0, 0.1) is 5.92 Å². The molecule has 25 heavy (non-hydrogen) atoms. The van der Waals surface area contributed by atoms with Gasteiger partial charge in [-0.1, -0.05) is 0 Å². The topological polar surface area (TPSA) is 55.7 Å². The van der Waals surface area contributed by atoms with Crippen LogP contribution in [0.15, 0.2) is 18.3 Å². The van der Waals surface area contributed by atoms with Crippen LogP contribution < -0.4 is 5.32 Å². The molecule has 3 aliphatic rings. The lowest BCUT2D eigenvalue weighted by atomic mass is 9.81. The zero-order valence-electron chi connectivity index (χ0n) is 15.1. The smallest absolute Gasteiger partial charge is 0.267 e. The Balaban J connectivity index is 1.19. The standard InChI is InChI=1S/C19H29N3O3/c1-21-8-2-3-17(21)18(23)20-11-15-4-7-19(25-12-15)13-22(14-19)16-5-9-24-10-6-16/h2-3,8,15-16H,4-7,9-14H2,1H3,(H,20,23)/t15-/m1/s1. The van der Waals surface area contributed by atoms with Crippen LogP contribution in [0.1, 0.15) is 36.2 Å². The maximum Gasteiger partial charge on any atom is 0.267 e. The second-order valence-electron chi connectivity index (χ2n) is 7.86. The summed E-state index contributed by atoms with van der Waals surface area (Å²) in [5, 5.41) is 3.06. The average molecular weight is 347 g/mol. The summed E-state index contributed by atoms with van der Waals surface area (Å²) in [5.41, 5.74) is 0.788. The van der Waals surface area contributed by atoms with Crippen LogP contribution in [0.25, 0.3) is 0 Å². The second-order valence-corrected chi connectivity index (χ2v) is 7.86. The summed E-state index contributed by atoms with van der Waals surface area (Å²) in [6, 6.07) is 4.43. The predicted octanol–water partition coefficient (Wildman–Crippen LogP) is 1.41. The quantitative estimate of drug-likeness (QED) is 0.895. The van der Waals surface area contributed by atoms with Crippen LogP contribution >= 0.6 is 0 Å². The number of rotatable bonds is 4. The SMILES string of the molecule is Cn1cccc1C(=O)NC[C@H]1CCC2(CN(C3CCOCC3)C2)OC1. The van der Waals surface area contributed by atoms with E-state index in [0.717, 1.165) is 58.6 Å². The van der Waals surface area contributed by atoms with Crippen LogP contribution in [0.2, 0.25) is 0 Å². The third-order valence-corrected chi connectivity index (χ3v) is 6.05. The minimum Gasteiger partial charge on any atom is -0.381 e. The number of aryl methyl sites for hydroxylation is 1. The Kier molecular flexibility index (Phi) is 4.84. The maximum atomic E-state index is 12.2. The van der Waals surface area contributed by atoms with Gasteiger partial charge in [-0.2, -0.15) is 0 Å². The molecule has 0 radical (unpaired) electrons. The largest absolute Gasteiger partial charge is 0.381 e. The minimum atomic E-state index is 0.00197. The van der Waals surface area contributed by atoms with E-state index in [9.17, 15) is 4.79 Å². The van der Waals surface area contributed by atoms with Gasteiger partial charge in [0.2, 0.25) is 0 Å². The van der Waals surface area contributed by atoms with Crippen LogP contribution in [-0.4, -0.2) is 66.5 Å². The zero-order chi connectivity index (χ0) is 17.3. The van der Waals surface area contributed by atoms with Gasteiger partial charge in [-0.3, -0.25) is 9.69 Å². The molecule has 1 aromatic heterocycles. The van der Waals surface area contributed by atoms with E-state index in [1.807, 2.05) is 29.9 Å². The monoisotopic (exact) mass is 347 g/mol. The van der Waals surface area contributed by atoms with Gasteiger partial charge in [0.25, 0.3) is 5.91 Å². The Morgan fingerprint density at radius 3 is 2.76 bits per heavy atom. The molecule has 4 rings (SSSR count). The van der Waals surface area contributed by atoms with Crippen LogP contribution in [0.3, 0.4) is 0 Å². The third-order valence-electron chi connectivity index (χ3n) is 6.05. The number of nitrogens with one attached hydrogen (secondary N) is 1. The summed E-state index contributed by atoms with van der Waals surface area (Å²) in [4.78, 5) is 14.8. The molecule has 1 spiro atoms. The number of aromatic nitrogens is 1. The lowest BCUT2D eigenvalue weighted by Gasteiger charge is -2.55. The zero-order valence-corrected chi connectivity index (χ0v) is 15.1. The molecule has 0 aliphatic carbocycles. The van der Waals surface area contributed by atoms with Crippen molar-refractivity contribution in [3.8, 4) is 0 Å². The van der Waals surface area contributed by atoms with Crippen LogP contribution in [0.4, 0.5) is 0 Å². The average Bonchev–Trinajstić information content (AvgIpc) is 3.05. The first kappa shape index (κ1) is 17.1. The summed E-state index contributed by atoms with van der Waals surface area (Å²) in [5.74, 6) is 0.425. The van der Waals surface area contributed by atoms with Crippen molar-refractivity contribution < 1.29 is 14.3 Å². The van der Waals surface area contributed by atoms with Crippen LogP contribution in [-0.2, 0) is 16.5 Å². The summed E-state index contributed by atoms with van der Waals surface area (Å²) in [7, 11) is 1.89. The van der Waals surface area contributed by atoms with Gasteiger partial charge in [-0.05, 0) is 43.7 Å². The van der Waals surface area contributed by atoms with Crippen molar-refractivity contribution in [2.45, 2.75) is 37.3 Å². The van der Waals surface area contributed by atoms with E-state index in [-0.39, 0.29) is 11.5 Å². The maximum absolute atomic E-state index is 12.2. The van der Waals surface area contributed by atoms with E-state index < -0.39 is 0 Å². The molecule has 3 saturated heterocycles. The Morgan fingerprint density at radius 2 is 2.12 bits per heavy atom. The number of likely N-dealkylation sites (tertiary alicyclic amines) is 1. The molecule has 138 valence electrons. The highest BCUT2D eigenvalue weighted by Gasteiger charge is 2.48. The van der Waals surface area contributed by atoms with Gasteiger partial charge in [0.05, 0.1) is 12.2 Å². The Morgan fingerprint density at radius 1 is 1.32 bits per heavy atom. The number of nitrogens with zero attached hydrogens (tertiary/aromatic N) is 2. The molecule has 1 aromatic rings. The second kappa shape index (κ2) is 7.09. The number of ether oxygens (including phenoxy) is 2. The molecule has 0 saturated carbocycles. The third kappa shape index (κ3) is 3.61. The van der Waals surface area contributed by atoms with Crippen molar-refractivity contribution in [2.24, 2.45) is 13.0 Å². The summed E-state index contributed by atoms with van der Waals surface area (Å²) in [6.45, 7) is 5.40. The highest BCUT2D eigenvalue weighted by molar-refractivity contribution is 5.92. The van der Waals surface area contributed by atoms with Crippen LogP contribution in [0.5, 0.6) is 0 Å². The molecule has 1 N–H and O–H groups in total. The first-order valence-corrected chi connectivity index (χ1v) is 9.50. The van der Waals surface area contributed by atoms with E-state index >= 15 is 0 Å². The first-order valence-electron chi connectivity index (χ1n) is 9.50. The van der Waals surface area contributed by atoms with Gasteiger partial charge >= 0.3 is 0 Å². The van der Waals surface area contributed by atoms with Crippen molar-refractivity contribution in [1.29, 1.82) is 0 Å². The van der Waals surface area contributed by atoms with Crippen molar-refractivity contribution in [1.82, 2.24) is 14.8 Å². The Bertz CT molecular complexity index is 593. The fraction of sp³-hybridized carbons (Fsp3) is 0.737. The molecule has 1 amide bonds. The van der Waals surface area contributed by atoms with E-state index in [2.05, 4.69) is 10.2 Å². The molecule has 4 heterocycles. The lowest BCUT2D eigenvalue weighted by molar-refractivity contribution is -0.194. The summed E-state index contributed by atoms with van der Waals surface area (Å²) in [6.07, 6.45) is 6.45. The molecular formula is C19H29N3O3. The Hall–Kier alpha value is -1.37. The van der Waals surface area contributed by atoms with Gasteiger partial charge < -0.3 is 19.4 Å². The molecule has 1 atom stereocenters. The van der Waals surface area contributed by atoms with Gasteiger partial charge in [0, 0.05) is 52.1 Å². The fourth-order valence-corrected chi connectivity index (χ4v) is 4.35. The van der Waals surface area contributed by atoms with Crippen molar-refractivity contribution >= 4 is 5.91 Å². The number of hydrogen-bond acceptors (Lipinski definition) is 4. The van der Waals surface area contributed by atoms with E-state index in [1.165, 1.54) is 0 Å². The Labute approximate surface area is 149 Å². The molecule has 3 aliphatic heterocycles. The van der Waals surface area contributed by atoms with Gasteiger partial charge in [-0.25, -0.2) is 0 Å². The fourth-order valence-electron chi connectivity index (χ4n) is 4.35. The highest BCUT2D eigenvalue weighted by atomic mass is 16.5. The lowest BCUT2D eigenvalue weighted by Crippen LogP contribution is -2.67. The van der Waals surface area contributed by atoms with Crippen molar-refractivity contribution in [3.05, 3.63) is 24.0 Å². The van der Waals surface area contributed by atoms with E-state index in [1.54, 1.807) is 0 Å². The van der Waals surface area contributed by atoms with Crippen molar-refractivity contribution in [3.63, 3.8) is 0 Å². The predicted molar refractivity (Wildman–Crippen MR) is 94.6 cm³/mol. The molecule has 3 fully saturated rings. The molecule has 6 nitrogen and oxygen atoms in total. The number of carbonyl (C=O) groups is 1. The number of hydrogen-bond donors (Lipinski definition) is 1. The molecule has 6 heteroatoms. The van der Waals surface area contributed by atoms with E-state index in [0.29, 0.717) is 24.2 Å². The van der Waals surface area contributed by atoms with Gasteiger partial charge in [0.1, 0.15) is 5.69 Å². The highest BCUT2D eigenvalue weighted by Crippen LogP contribution is 2.38. The summed E-state index contributed by atoms with van der Waals surface area (Å²) >= 11 is 0. The first-order chi connectivity index (χ1) is 12.2. The minimum absolute atomic E-state index is 0.00197. The van der Waals surface area contributed by atoms with Gasteiger partial charge in [0.15, 0.2) is 0 Å². The van der Waals surface area contributed by atoms with Crippen molar-refractivity contribution in [2.75, 3.05) is 39.5 Å². The molecule has 0 unspecified atom stereocenters. The number of amides is 1. The number of carbonyl (C=O) groups excluding carboxylic acids is 1. The molecule has 0 aromatic carbocycles. The van der Waals surface area contributed by atoms with E-state index in [4.69, 9.17) is 9.47 Å². The van der Waals surface area contributed by atoms with Gasteiger partial charge in [-0.15, -0.1) is 0 Å². The summed E-state index contributed by atoms with van der Waals surface area (Å²) < 4.78 is 13.6. The normalized spacial score (nSPS) is 27.2. The molecule has 0 bridgehead atoms. The molecular weight excluding hydrogens is 318 g/mol.